The Kier molecular flexibility index (Phi) is 3.99. The van der Waals surface area contributed by atoms with Crippen molar-refractivity contribution >= 4 is 5.69 Å². The van der Waals surface area contributed by atoms with E-state index < -0.39 is 0 Å². The van der Waals surface area contributed by atoms with Crippen molar-refractivity contribution < 1.29 is 9.84 Å². The maximum Gasteiger partial charge on any atom is 0.0980 e. The second-order valence-corrected chi connectivity index (χ2v) is 4.50. The molecule has 0 aliphatic carbocycles. The van der Waals surface area contributed by atoms with Gasteiger partial charge in [-0.1, -0.05) is 12.1 Å². The van der Waals surface area contributed by atoms with Gasteiger partial charge in [-0.2, -0.15) is 0 Å². The molecule has 4 heteroatoms. The Bertz CT molecular complexity index is 351. The topological polar surface area (TPSA) is 58.7 Å². The minimum Gasteiger partial charge on any atom is -0.394 e. The highest BCUT2D eigenvalue weighted by molar-refractivity contribution is 5.48. The number of rotatable bonds is 3. The van der Waals surface area contributed by atoms with Crippen LogP contribution in [0.25, 0.3) is 0 Å². The fourth-order valence-corrected chi connectivity index (χ4v) is 2.05. The smallest absolute Gasteiger partial charge is 0.0980 e. The van der Waals surface area contributed by atoms with Crippen LogP contribution in [0.15, 0.2) is 24.3 Å². The number of nitrogens with zero attached hydrogens (tertiary/aromatic N) is 1. The third kappa shape index (κ3) is 2.97. The molecule has 0 amide bonds. The molecule has 1 aromatic rings. The van der Waals surface area contributed by atoms with Crippen LogP contribution in [0.1, 0.15) is 18.5 Å². The summed E-state index contributed by atoms with van der Waals surface area (Å²) in [5, 5.41) is 9.10. The first-order chi connectivity index (χ1) is 8.20. The number of aliphatic hydroxyl groups is 1. The molecule has 17 heavy (non-hydrogen) atoms. The molecule has 1 aromatic carbocycles. The third-order valence-corrected chi connectivity index (χ3v) is 3.13. The third-order valence-electron chi connectivity index (χ3n) is 3.13. The lowest BCUT2D eigenvalue weighted by Crippen LogP contribution is -2.44. The van der Waals surface area contributed by atoms with Crippen LogP contribution in [0.2, 0.25) is 0 Å². The van der Waals surface area contributed by atoms with Crippen molar-refractivity contribution in [1.29, 1.82) is 0 Å². The number of nitrogens with two attached hydrogens (primary N) is 1. The van der Waals surface area contributed by atoms with Crippen molar-refractivity contribution in [2.45, 2.75) is 19.1 Å². The molecule has 0 bridgehead atoms. The first-order valence-electron chi connectivity index (χ1n) is 6.03. The Balaban J connectivity index is 2.06. The lowest BCUT2D eigenvalue weighted by Gasteiger charge is -2.33. The van der Waals surface area contributed by atoms with Crippen molar-refractivity contribution in [2.75, 3.05) is 31.2 Å². The van der Waals surface area contributed by atoms with Gasteiger partial charge in [0.25, 0.3) is 0 Å². The summed E-state index contributed by atoms with van der Waals surface area (Å²) in [5.74, 6) is 0. The number of morpholine rings is 1. The zero-order chi connectivity index (χ0) is 12.3. The summed E-state index contributed by atoms with van der Waals surface area (Å²) >= 11 is 0. The van der Waals surface area contributed by atoms with Crippen molar-refractivity contribution in [3.05, 3.63) is 29.8 Å². The van der Waals surface area contributed by atoms with Gasteiger partial charge in [-0.15, -0.1) is 0 Å². The van der Waals surface area contributed by atoms with E-state index in [-0.39, 0.29) is 18.8 Å². The molecule has 1 heterocycles. The Morgan fingerprint density at radius 3 is 2.76 bits per heavy atom. The Morgan fingerprint density at radius 1 is 1.47 bits per heavy atom. The van der Waals surface area contributed by atoms with Crippen LogP contribution in [-0.4, -0.2) is 37.5 Å². The van der Waals surface area contributed by atoms with E-state index in [2.05, 4.69) is 29.2 Å². The minimum atomic E-state index is -0.0724. The van der Waals surface area contributed by atoms with E-state index in [1.807, 2.05) is 6.92 Å². The van der Waals surface area contributed by atoms with Gasteiger partial charge in [0, 0.05) is 24.8 Å². The molecule has 2 rings (SSSR count). The molecule has 1 aliphatic rings. The van der Waals surface area contributed by atoms with Crippen molar-refractivity contribution in [3.63, 3.8) is 0 Å². The number of hydrogen-bond acceptors (Lipinski definition) is 4. The zero-order valence-corrected chi connectivity index (χ0v) is 10.2. The number of hydrogen-bond donors (Lipinski definition) is 2. The largest absolute Gasteiger partial charge is 0.394 e. The van der Waals surface area contributed by atoms with Crippen LogP contribution in [0.3, 0.4) is 0 Å². The van der Waals surface area contributed by atoms with Crippen LogP contribution in [0.4, 0.5) is 5.69 Å². The second-order valence-electron chi connectivity index (χ2n) is 4.50. The highest BCUT2D eigenvalue weighted by atomic mass is 16.5. The molecule has 0 spiro atoms. The zero-order valence-electron chi connectivity index (χ0n) is 10.2. The van der Waals surface area contributed by atoms with Crippen LogP contribution < -0.4 is 10.6 Å². The van der Waals surface area contributed by atoms with E-state index in [0.717, 1.165) is 24.3 Å². The van der Waals surface area contributed by atoms with E-state index in [9.17, 15) is 0 Å². The van der Waals surface area contributed by atoms with Crippen LogP contribution in [-0.2, 0) is 4.74 Å². The summed E-state index contributed by atoms with van der Waals surface area (Å²) in [7, 11) is 0. The standard InChI is InChI=1S/C13H20N2O2/c1-10(14)11-2-4-12(5-3-11)15-6-7-17-13(8-15)9-16/h2-5,10,13,16H,6-9,14H2,1H3. The lowest BCUT2D eigenvalue weighted by molar-refractivity contribution is 0.00357. The monoisotopic (exact) mass is 236 g/mol. The first-order valence-corrected chi connectivity index (χ1v) is 6.03. The molecule has 4 nitrogen and oxygen atoms in total. The molecule has 2 atom stereocenters. The maximum atomic E-state index is 9.10. The molecule has 0 aromatic heterocycles. The summed E-state index contributed by atoms with van der Waals surface area (Å²) in [6.45, 7) is 4.34. The highest BCUT2D eigenvalue weighted by Crippen LogP contribution is 2.20. The average molecular weight is 236 g/mol. The number of anilines is 1. The van der Waals surface area contributed by atoms with E-state index >= 15 is 0 Å². The normalized spacial score (nSPS) is 22.5. The van der Waals surface area contributed by atoms with Crippen LogP contribution in [0, 0.1) is 0 Å². The van der Waals surface area contributed by atoms with Gasteiger partial charge in [0.1, 0.15) is 0 Å². The Labute approximate surface area is 102 Å². The van der Waals surface area contributed by atoms with Gasteiger partial charge in [-0.3, -0.25) is 0 Å². The Morgan fingerprint density at radius 2 is 2.18 bits per heavy atom. The van der Waals surface area contributed by atoms with Gasteiger partial charge in [-0.05, 0) is 24.6 Å². The molecule has 0 saturated carbocycles. The summed E-state index contributed by atoms with van der Waals surface area (Å²) < 4.78 is 5.43. The fourth-order valence-electron chi connectivity index (χ4n) is 2.05. The van der Waals surface area contributed by atoms with Crippen LogP contribution in [0.5, 0.6) is 0 Å². The Hall–Kier alpha value is -1.10. The SMILES string of the molecule is CC(N)c1ccc(N2CCOC(CO)C2)cc1. The van der Waals surface area contributed by atoms with Gasteiger partial charge in [0.15, 0.2) is 0 Å². The maximum absolute atomic E-state index is 9.10. The van der Waals surface area contributed by atoms with Gasteiger partial charge in [0.05, 0.1) is 19.3 Å². The van der Waals surface area contributed by atoms with E-state index in [1.54, 1.807) is 0 Å². The first kappa shape index (κ1) is 12.4. The van der Waals surface area contributed by atoms with Crippen molar-refractivity contribution in [3.8, 4) is 0 Å². The van der Waals surface area contributed by atoms with Gasteiger partial charge < -0.3 is 20.5 Å². The van der Waals surface area contributed by atoms with Gasteiger partial charge in [0.2, 0.25) is 0 Å². The predicted octanol–water partition coefficient (Wildman–Crippen LogP) is 0.904. The highest BCUT2D eigenvalue weighted by Gasteiger charge is 2.19. The predicted molar refractivity (Wildman–Crippen MR) is 68.1 cm³/mol. The average Bonchev–Trinajstić information content (AvgIpc) is 2.39. The number of benzene rings is 1. The van der Waals surface area contributed by atoms with Crippen molar-refractivity contribution in [2.24, 2.45) is 5.73 Å². The molecule has 94 valence electrons. The molecular formula is C13H20N2O2. The van der Waals surface area contributed by atoms with Crippen LogP contribution >= 0.6 is 0 Å². The molecule has 0 radical (unpaired) electrons. The molecule has 3 N–H and O–H groups in total. The fraction of sp³-hybridized carbons (Fsp3) is 0.538. The van der Waals surface area contributed by atoms with E-state index in [1.165, 1.54) is 0 Å². The summed E-state index contributed by atoms with van der Waals surface area (Å²) in [6, 6.07) is 8.35. The number of aliphatic hydroxyl groups excluding tert-OH is 1. The summed E-state index contributed by atoms with van der Waals surface area (Å²) in [6.07, 6.45) is -0.0724. The second kappa shape index (κ2) is 5.49. The molecule has 1 aliphatic heterocycles. The molecule has 2 unspecified atom stereocenters. The van der Waals surface area contributed by atoms with Gasteiger partial charge in [-0.25, -0.2) is 0 Å². The molecular weight excluding hydrogens is 216 g/mol. The van der Waals surface area contributed by atoms with E-state index in [0.29, 0.717) is 6.61 Å². The van der Waals surface area contributed by atoms with Crippen molar-refractivity contribution in [1.82, 2.24) is 0 Å². The summed E-state index contributed by atoms with van der Waals surface area (Å²) in [4.78, 5) is 2.23. The quantitative estimate of drug-likeness (QED) is 0.819. The minimum absolute atomic E-state index is 0.0685. The lowest BCUT2D eigenvalue weighted by atomic mass is 10.1. The summed E-state index contributed by atoms with van der Waals surface area (Å²) in [5.41, 5.74) is 8.12. The molecule has 1 fully saturated rings. The van der Waals surface area contributed by atoms with Gasteiger partial charge >= 0.3 is 0 Å². The number of ether oxygens (including phenoxy) is 1. The van der Waals surface area contributed by atoms with E-state index in [4.69, 9.17) is 15.6 Å². The molecule has 1 saturated heterocycles.